The summed E-state index contributed by atoms with van der Waals surface area (Å²) in [6, 6.07) is 0. The van der Waals surface area contributed by atoms with Crippen LogP contribution in [0.1, 0.15) is 45.9 Å². The normalized spacial score (nSPS) is 17.7. The third-order valence-electron chi connectivity index (χ3n) is 3.09. The van der Waals surface area contributed by atoms with Crippen molar-refractivity contribution in [2.75, 3.05) is 0 Å². The maximum atomic E-state index is 12.1. The largest absolute Gasteiger partial charge is 0.444 e. The van der Waals surface area contributed by atoms with Crippen molar-refractivity contribution < 1.29 is 9.53 Å². The highest BCUT2D eigenvalue weighted by atomic mass is 16.6. The first-order valence-electron chi connectivity index (χ1n) is 5.93. The molecule has 0 saturated carbocycles. The number of amides is 1. The minimum absolute atomic E-state index is 0.177. The highest BCUT2D eigenvalue weighted by Crippen LogP contribution is 2.36. The van der Waals surface area contributed by atoms with Gasteiger partial charge in [0.1, 0.15) is 5.60 Å². The predicted octanol–water partition coefficient (Wildman–Crippen LogP) is 1.69. The summed E-state index contributed by atoms with van der Waals surface area (Å²) < 4.78 is 5.36. The number of nitrogens with one attached hydrogen (secondary N) is 2. The molecule has 18 heavy (non-hydrogen) atoms. The van der Waals surface area contributed by atoms with Crippen LogP contribution in [0.3, 0.4) is 0 Å². The van der Waals surface area contributed by atoms with Crippen molar-refractivity contribution in [3.8, 4) is 0 Å². The maximum absolute atomic E-state index is 12.1. The van der Waals surface area contributed by atoms with Gasteiger partial charge in [-0.25, -0.2) is 4.79 Å². The topological polar surface area (TPSA) is 78.2 Å². The highest BCUT2D eigenvalue weighted by Gasteiger charge is 2.44. The SMILES string of the molecule is CC(C)(C)OC(=O)N1Cc2c([nH][nH]c2=O)C1(C)C. The fourth-order valence-electron chi connectivity index (χ4n) is 2.16. The van der Waals surface area contributed by atoms with E-state index in [4.69, 9.17) is 4.74 Å². The Kier molecular flexibility index (Phi) is 2.57. The predicted molar refractivity (Wildman–Crippen MR) is 66.2 cm³/mol. The lowest BCUT2D eigenvalue weighted by atomic mass is 10.0. The molecule has 0 unspecified atom stereocenters. The molecule has 1 aromatic heterocycles. The van der Waals surface area contributed by atoms with Crippen LogP contribution in [0.2, 0.25) is 0 Å². The van der Waals surface area contributed by atoms with Crippen molar-refractivity contribution in [1.82, 2.24) is 15.1 Å². The number of H-pyrrole nitrogens is 2. The van der Waals surface area contributed by atoms with E-state index in [1.807, 2.05) is 34.6 Å². The van der Waals surface area contributed by atoms with Crippen LogP contribution in [0, 0.1) is 0 Å². The number of carbonyl (C=O) groups is 1. The molecule has 0 atom stereocenters. The Hall–Kier alpha value is -1.72. The second kappa shape index (κ2) is 3.63. The number of aromatic amines is 2. The van der Waals surface area contributed by atoms with Crippen LogP contribution in [0.15, 0.2) is 4.79 Å². The monoisotopic (exact) mass is 253 g/mol. The van der Waals surface area contributed by atoms with Crippen LogP contribution in [0.25, 0.3) is 0 Å². The van der Waals surface area contributed by atoms with Gasteiger partial charge < -0.3 is 4.74 Å². The molecule has 6 heteroatoms. The van der Waals surface area contributed by atoms with Gasteiger partial charge in [-0.1, -0.05) is 0 Å². The quantitative estimate of drug-likeness (QED) is 0.738. The van der Waals surface area contributed by atoms with E-state index in [9.17, 15) is 9.59 Å². The molecule has 2 rings (SSSR count). The van der Waals surface area contributed by atoms with Crippen LogP contribution in [0.5, 0.6) is 0 Å². The standard InChI is InChI=1S/C12H19N3O3/c1-11(2,3)18-10(17)15-6-7-8(12(15,4)5)13-14-9(7)16/h6H2,1-5H3,(H2,13,14,16). The van der Waals surface area contributed by atoms with E-state index in [0.717, 1.165) is 5.69 Å². The van der Waals surface area contributed by atoms with E-state index >= 15 is 0 Å². The zero-order valence-electron chi connectivity index (χ0n) is 11.4. The molecule has 1 aliphatic heterocycles. The van der Waals surface area contributed by atoms with Gasteiger partial charge in [-0.2, -0.15) is 0 Å². The number of nitrogens with zero attached hydrogens (tertiary/aromatic N) is 1. The summed E-state index contributed by atoms with van der Waals surface area (Å²) in [5, 5.41) is 5.38. The zero-order valence-corrected chi connectivity index (χ0v) is 11.4. The number of hydrogen-bond acceptors (Lipinski definition) is 3. The number of hydrogen-bond donors (Lipinski definition) is 2. The number of ether oxygens (including phenoxy) is 1. The second-order valence-electron chi connectivity index (χ2n) is 6.06. The smallest absolute Gasteiger partial charge is 0.411 e. The lowest BCUT2D eigenvalue weighted by Crippen LogP contribution is -2.43. The van der Waals surface area contributed by atoms with Crippen LogP contribution < -0.4 is 5.56 Å². The van der Waals surface area contributed by atoms with E-state index in [-0.39, 0.29) is 12.1 Å². The van der Waals surface area contributed by atoms with Crippen LogP contribution in [-0.4, -0.2) is 26.8 Å². The van der Waals surface area contributed by atoms with Crippen LogP contribution >= 0.6 is 0 Å². The van der Waals surface area contributed by atoms with Crippen molar-refractivity contribution in [3.05, 3.63) is 21.6 Å². The molecule has 100 valence electrons. The number of carbonyl (C=O) groups excluding carboxylic acids is 1. The molecule has 0 spiro atoms. The summed E-state index contributed by atoms with van der Waals surface area (Å²) in [6.07, 6.45) is -0.406. The lowest BCUT2D eigenvalue weighted by molar-refractivity contribution is 0.00443. The number of fused-ring (bicyclic) bond motifs is 1. The van der Waals surface area contributed by atoms with Crippen LogP contribution in [-0.2, 0) is 16.8 Å². The van der Waals surface area contributed by atoms with Gasteiger partial charge in [-0.3, -0.25) is 19.9 Å². The van der Waals surface area contributed by atoms with E-state index in [1.165, 1.54) is 0 Å². The molecule has 1 amide bonds. The number of rotatable bonds is 0. The minimum atomic E-state index is -0.573. The van der Waals surface area contributed by atoms with Crippen molar-refractivity contribution in [2.45, 2.75) is 52.3 Å². The van der Waals surface area contributed by atoms with Crippen LogP contribution in [0.4, 0.5) is 4.79 Å². The second-order valence-corrected chi connectivity index (χ2v) is 6.06. The highest BCUT2D eigenvalue weighted by molar-refractivity contribution is 5.70. The van der Waals surface area contributed by atoms with Gasteiger partial charge in [0, 0.05) is 0 Å². The summed E-state index contributed by atoms with van der Waals surface area (Å²) >= 11 is 0. The molecule has 2 N–H and O–H groups in total. The van der Waals surface area contributed by atoms with Gasteiger partial charge in [-0.05, 0) is 34.6 Å². The summed E-state index contributed by atoms with van der Waals surface area (Å²) in [7, 11) is 0. The Bertz CT molecular complexity index is 533. The van der Waals surface area contributed by atoms with Crippen molar-refractivity contribution in [2.24, 2.45) is 0 Å². The summed E-state index contributed by atoms with van der Waals surface area (Å²) in [6.45, 7) is 9.50. The molecule has 0 fully saturated rings. The minimum Gasteiger partial charge on any atom is -0.444 e. The van der Waals surface area contributed by atoms with E-state index in [1.54, 1.807) is 4.90 Å². The molecule has 2 heterocycles. The summed E-state index contributed by atoms with van der Waals surface area (Å²) in [5.74, 6) is 0. The Labute approximate surface area is 105 Å². The Morgan fingerprint density at radius 2 is 1.94 bits per heavy atom. The first-order chi connectivity index (χ1) is 8.13. The number of aromatic nitrogens is 2. The van der Waals surface area contributed by atoms with Crippen molar-refractivity contribution in [3.63, 3.8) is 0 Å². The average molecular weight is 253 g/mol. The average Bonchev–Trinajstić information content (AvgIpc) is 2.64. The Morgan fingerprint density at radius 3 is 2.44 bits per heavy atom. The van der Waals surface area contributed by atoms with Gasteiger partial charge in [0.25, 0.3) is 5.56 Å². The van der Waals surface area contributed by atoms with Gasteiger partial charge in [0.05, 0.1) is 23.3 Å². The fraction of sp³-hybridized carbons (Fsp3) is 0.667. The molecular weight excluding hydrogens is 234 g/mol. The molecule has 0 bridgehead atoms. The molecule has 0 saturated heterocycles. The van der Waals surface area contributed by atoms with Crippen molar-refractivity contribution in [1.29, 1.82) is 0 Å². The third-order valence-corrected chi connectivity index (χ3v) is 3.09. The molecule has 0 aliphatic carbocycles. The maximum Gasteiger partial charge on any atom is 0.411 e. The van der Waals surface area contributed by atoms with Gasteiger partial charge >= 0.3 is 6.09 Å². The summed E-state index contributed by atoms with van der Waals surface area (Å²) in [5.41, 5.74) is 0.0561. The van der Waals surface area contributed by atoms with E-state index in [2.05, 4.69) is 10.2 Å². The van der Waals surface area contributed by atoms with Gasteiger partial charge in [-0.15, -0.1) is 0 Å². The van der Waals surface area contributed by atoms with Gasteiger partial charge in [0.2, 0.25) is 0 Å². The third kappa shape index (κ3) is 1.91. The Balaban J connectivity index is 2.29. The first kappa shape index (κ1) is 12.7. The van der Waals surface area contributed by atoms with E-state index in [0.29, 0.717) is 5.56 Å². The molecular formula is C12H19N3O3. The van der Waals surface area contributed by atoms with Gasteiger partial charge in [0.15, 0.2) is 0 Å². The van der Waals surface area contributed by atoms with Crippen molar-refractivity contribution >= 4 is 6.09 Å². The Morgan fingerprint density at radius 1 is 1.33 bits per heavy atom. The lowest BCUT2D eigenvalue weighted by Gasteiger charge is -2.33. The molecule has 6 nitrogen and oxygen atoms in total. The molecule has 1 aliphatic rings. The summed E-state index contributed by atoms with van der Waals surface area (Å²) in [4.78, 5) is 25.3. The van der Waals surface area contributed by atoms with E-state index < -0.39 is 17.2 Å². The fourth-order valence-corrected chi connectivity index (χ4v) is 2.16. The molecule has 0 radical (unpaired) electrons. The zero-order chi connectivity index (χ0) is 13.7. The molecule has 0 aromatic carbocycles. The first-order valence-corrected chi connectivity index (χ1v) is 5.93. The molecule has 1 aromatic rings.